The van der Waals surface area contributed by atoms with E-state index in [1.165, 1.54) is 27.7 Å². The van der Waals surface area contributed by atoms with E-state index in [0.717, 1.165) is 30.8 Å². The molecule has 2 N–H and O–H groups in total. The molecule has 1 saturated heterocycles. The Morgan fingerprint density at radius 2 is 2.04 bits per heavy atom. The van der Waals surface area contributed by atoms with E-state index < -0.39 is 0 Å². The third kappa shape index (κ3) is 3.47. The van der Waals surface area contributed by atoms with Crippen molar-refractivity contribution < 1.29 is 4.79 Å². The van der Waals surface area contributed by atoms with E-state index in [4.69, 9.17) is 5.73 Å². The third-order valence-corrected chi connectivity index (χ3v) is 5.73. The van der Waals surface area contributed by atoms with Crippen LogP contribution in [-0.2, 0) is 6.42 Å². The molecule has 1 amide bonds. The third-order valence-electron chi connectivity index (χ3n) is 4.83. The average Bonchev–Trinajstić information content (AvgIpc) is 3.30. The molecule has 3 aromatic rings. The standard InChI is InChI=1S/C20H21N3OS.ClH/c21-11-10-19-22-17(13-25-19)20(24)23-12-4-9-18(23)16-8-3-6-14-5-1-2-7-15(14)16;/h1-3,5-8,13,18H,4,9-12,21H2;1H. The van der Waals surface area contributed by atoms with Crippen molar-refractivity contribution in [2.45, 2.75) is 25.3 Å². The van der Waals surface area contributed by atoms with Gasteiger partial charge in [0.1, 0.15) is 5.69 Å². The lowest BCUT2D eigenvalue weighted by Gasteiger charge is -2.25. The fraction of sp³-hybridized carbons (Fsp3) is 0.300. The van der Waals surface area contributed by atoms with Gasteiger partial charge in [-0.1, -0.05) is 42.5 Å². The maximum Gasteiger partial charge on any atom is 0.273 e. The zero-order chi connectivity index (χ0) is 17.2. The van der Waals surface area contributed by atoms with Crippen molar-refractivity contribution in [2.24, 2.45) is 5.73 Å². The summed E-state index contributed by atoms with van der Waals surface area (Å²) in [7, 11) is 0. The number of thiazole rings is 1. The van der Waals surface area contributed by atoms with Crippen molar-refractivity contribution in [1.82, 2.24) is 9.88 Å². The van der Waals surface area contributed by atoms with Crippen molar-refractivity contribution in [3.8, 4) is 0 Å². The fourth-order valence-corrected chi connectivity index (χ4v) is 4.46. The molecule has 1 fully saturated rings. The van der Waals surface area contributed by atoms with Crippen molar-refractivity contribution >= 4 is 40.4 Å². The van der Waals surface area contributed by atoms with E-state index in [0.29, 0.717) is 12.2 Å². The highest BCUT2D eigenvalue weighted by Gasteiger charge is 2.32. The van der Waals surface area contributed by atoms with Crippen LogP contribution in [0, 0.1) is 0 Å². The summed E-state index contributed by atoms with van der Waals surface area (Å²) >= 11 is 1.52. The van der Waals surface area contributed by atoms with Crippen molar-refractivity contribution in [3.63, 3.8) is 0 Å². The van der Waals surface area contributed by atoms with E-state index in [-0.39, 0.29) is 24.4 Å². The van der Waals surface area contributed by atoms with Crippen LogP contribution in [0.5, 0.6) is 0 Å². The first-order chi connectivity index (χ1) is 12.3. The topological polar surface area (TPSA) is 59.2 Å². The van der Waals surface area contributed by atoms with Crippen LogP contribution in [0.2, 0.25) is 0 Å². The molecule has 1 aliphatic heterocycles. The zero-order valence-corrected chi connectivity index (χ0v) is 16.1. The molecule has 2 heterocycles. The van der Waals surface area contributed by atoms with Crippen LogP contribution >= 0.6 is 23.7 Å². The molecule has 1 atom stereocenters. The molecule has 136 valence electrons. The molecule has 6 heteroatoms. The second-order valence-electron chi connectivity index (χ2n) is 6.39. The quantitative estimate of drug-likeness (QED) is 0.729. The minimum Gasteiger partial charge on any atom is -0.330 e. The molecule has 1 unspecified atom stereocenters. The van der Waals surface area contributed by atoms with Crippen LogP contribution in [0.3, 0.4) is 0 Å². The van der Waals surface area contributed by atoms with Gasteiger partial charge in [-0.3, -0.25) is 4.79 Å². The van der Waals surface area contributed by atoms with E-state index in [1.54, 1.807) is 0 Å². The van der Waals surface area contributed by atoms with E-state index in [1.807, 2.05) is 10.3 Å². The molecule has 0 spiro atoms. The highest BCUT2D eigenvalue weighted by molar-refractivity contribution is 7.09. The monoisotopic (exact) mass is 387 g/mol. The van der Waals surface area contributed by atoms with Crippen LogP contribution in [-0.4, -0.2) is 28.9 Å². The molecule has 2 aromatic carbocycles. The maximum absolute atomic E-state index is 13.0. The SMILES string of the molecule is Cl.NCCc1nc(C(=O)N2CCCC2c2cccc3ccccc23)cs1. The molecule has 4 rings (SSSR count). The lowest BCUT2D eigenvalue weighted by atomic mass is 9.97. The lowest BCUT2D eigenvalue weighted by Crippen LogP contribution is -2.31. The number of carbonyl (C=O) groups excluding carboxylic acids is 1. The molecule has 0 aliphatic carbocycles. The van der Waals surface area contributed by atoms with Crippen molar-refractivity contribution in [1.29, 1.82) is 0 Å². The number of hydrogen-bond acceptors (Lipinski definition) is 4. The van der Waals surface area contributed by atoms with Crippen molar-refractivity contribution in [2.75, 3.05) is 13.1 Å². The Balaban J connectivity index is 0.00000196. The Morgan fingerprint density at radius 1 is 1.23 bits per heavy atom. The molecule has 0 bridgehead atoms. The first kappa shape index (κ1) is 18.8. The maximum atomic E-state index is 13.0. The summed E-state index contributed by atoms with van der Waals surface area (Å²) in [5.41, 5.74) is 7.38. The number of nitrogens with zero attached hydrogens (tertiary/aromatic N) is 2. The number of rotatable bonds is 4. The van der Waals surface area contributed by atoms with Gasteiger partial charge in [0.25, 0.3) is 5.91 Å². The number of amides is 1. The minimum absolute atomic E-state index is 0. The van der Waals surface area contributed by atoms with Crippen molar-refractivity contribution in [3.05, 3.63) is 64.1 Å². The van der Waals surface area contributed by atoms with E-state index in [2.05, 4.69) is 47.4 Å². The molecule has 4 nitrogen and oxygen atoms in total. The van der Waals surface area contributed by atoms with Crippen LogP contribution in [0.4, 0.5) is 0 Å². The molecule has 1 aliphatic rings. The highest BCUT2D eigenvalue weighted by Crippen LogP contribution is 2.36. The van der Waals surface area contributed by atoms with Gasteiger partial charge in [-0.2, -0.15) is 0 Å². The summed E-state index contributed by atoms with van der Waals surface area (Å²) < 4.78 is 0. The number of hydrogen-bond donors (Lipinski definition) is 1. The van der Waals surface area contributed by atoms with E-state index >= 15 is 0 Å². The van der Waals surface area contributed by atoms with Gasteiger partial charge in [0.15, 0.2) is 0 Å². The Hall–Kier alpha value is -1.95. The highest BCUT2D eigenvalue weighted by atomic mass is 35.5. The molecule has 1 aromatic heterocycles. The smallest absolute Gasteiger partial charge is 0.273 e. The van der Waals surface area contributed by atoms with Gasteiger partial charge in [0.05, 0.1) is 11.0 Å². The fourth-order valence-electron chi connectivity index (χ4n) is 3.67. The first-order valence-electron chi connectivity index (χ1n) is 8.71. The number of benzene rings is 2. The summed E-state index contributed by atoms with van der Waals surface area (Å²) in [6, 6.07) is 14.9. The summed E-state index contributed by atoms with van der Waals surface area (Å²) in [4.78, 5) is 19.5. The second-order valence-corrected chi connectivity index (χ2v) is 7.33. The summed E-state index contributed by atoms with van der Waals surface area (Å²) in [5.74, 6) is 0.0370. The van der Waals surface area contributed by atoms with Gasteiger partial charge in [0.2, 0.25) is 0 Å². The molecular formula is C20H22ClN3OS. The molecule has 26 heavy (non-hydrogen) atoms. The predicted octanol–water partition coefficient (Wildman–Crippen LogP) is 4.20. The Kier molecular flexibility index (Phi) is 5.91. The van der Waals surface area contributed by atoms with Gasteiger partial charge in [-0.15, -0.1) is 23.7 Å². The number of halogens is 1. The van der Waals surface area contributed by atoms with Crippen LogP contribution < -0.4 is 5.73 Å². The first-order valence-corrected chi connectivity index (χ1v) is 9.59. The zero-order valence-electron chi connectivity index (χ0n) is 14.4. The molecule has 0 saturated carbocycles. The van der Waals surface area contributed by atoms with Crippen LogP contribution in [0.25, 0.3) is 10.8 Å². The van der Waals surface area contributed by atoms with Gasteiger partial charge >= 0.3 is 0 Å². The number of nitrogens with two attached hydrogens (primary N) is 1. The van der Waals surface area contributed by atoms with Gasteiger partial charge in [-0.25, -0.2) is 4.98 Å². The van der Waals surface area contributed by atoms with Gasteiger partial charge in [-0.05, 0) is 35.7 Å². The number of fused-ring (bicyclic) bond motifs is 1. The summed E-state index contributed by atoms with van der Waals surface area (Å²) in [6.45, 7) is 1.35. The second kappa shape index (κ2) is 8.16. The molecular weight excluding hydrogens is 366 g/mol. The Labute approximate surface area is 163 Å². The van der Waals surface area contributed by atoms with Crippen LogP contribution in [0.1, 0.15) is 39.9 Å². The Bertz CT molecular complexity index is 905. The largest absolute Gasteiger partial charge is 0.330 e. The van der Waals surface area contributed by atoms with Gasteiger partial charge in [0, 0.05) is 18.3 Å². The summed E-state index contributed by atoms with van der Waals surface area (Å²) in [5, 5.41) is 5.26. The lowest BCUT2D eigenvalue weighted by molar-refractivity contribution is 0.0731. The minimum atomic E-state index is 0. The van der Waals surface area contributed by atoms with E-state index in [9.17, 15) is 4.79 Å². The molecule has 0 radical (unpaired) electrons. The number of carbonyl (C=O) groups is 1. The van der Waals surface area contributed by atoms with Gasteiger partial charge < -0.3 is 10.6 Å². The number of aromatic nitrogens is 1. The average molecular weight is 388 g/mol. The summed E-state index contributed by atoms with van der Waals surface area (Å²) in [6.07, 6.45) is 2.75. The normalized spacial score (nSPS) is 16.7. The predicted molar refractivity (Wildman–Crippen MR) is 109 cm³/mol. The van der Waals surface area contributed by atoms with Crippen LogP contribution in [0.15, 0.2) is 47.8 Å². The number of likely N-dealkylation sites (tertiary alicyclic amines) is 1. The Morgan fingerprint density at radius 3 is 2.88 bits per heavy atom.